The maximum Gasteiger partial charge on any atom is 0.319 e. The van der Waals surface area contributed by atoms with Gasteiger partial charge in [0.05, 0.1) is 0 Å². The molecule has 3 N–H and O–H groups in total. The molecule has 2 amide bonds. The molecule has 0 aliphatic rings. The summed E-state index contributed by atoms with van der Waals surface area (Å²) in [6, 6.07) is 14.7. The van der Waals surface area contributed by atoms with E-state index >= 15 is 0 Å². The highest BCUT2D eigenvalue weighted by molar-refractivity contribution is 5.89. The molecule has 6 heteroatoms. The molecule has 130 valence electrons. The van der Waals surface area contributed by atoms with Crippen LogP contribution in [0.1, 0.15) is 13.3 Å². The van der Waals surface area contributed by atoms with Crippen LogP contribution in [0.25, 0.3) is 22.6 Å². The van der Waals surface area contributed by atoms with Crippen molar-refractivity contribution in [2.45, 2.75) is 13.3 Å². The number of para-hydroxylation sites is 2. The lowest BCUT2D eigenvalue weighted by Gasteiger charge is -2.12. The van der Waals surface area contributed by atoms with Crippen LogP contribution in [0.5, 0.6) is 0 Å². The van der Waals surface area contributed by atoms with Gasteiger partial charge in [-0.3, -0.25) is 0 Å². The summed E-state index contributed by atoms with van der Waals surface area (Å²) in [6.07, 6.45) is 0.666. The quantitative estimate of drug-likeness (QED) is 0.640. The van der Waals surface area contributed by atoms with Crippen LogP contribution in [0.4, 0.5) is 10.5 Å². The lowest BCUT2D eigenvalue weighted by Crippen LogP contribution is -2.32. The van der Waals surface area contributed by atoms with E-state index in [0.29, 0.717) is 24.5 Å². The molecule has 3 aromatic rings. The summed E-state index contributed by atoms with van der Waals surface area (Å²) in [4.78, 5) is 16.3. The third-order valence-electron chi connectivity index (χ3n) is 3.92. The first-order chi connectivity index (χ1) is 12.2. The van der Waals surface area contributed by atoms with E-state index in [0.717, 1.165) is 16.7 Å². The number of carbonyl (C=O) groups excluding carboxylic acids is 1. The van der Waals surface area contributed by atoms with E-state index in [1.54, 1.807) is 12.1 Å². The molecule has 1 aromatic heterocycles. The fourth-order valence-corrected chi connectivity index (χ4v) is 2.46. The van der Waals surface area contributed by atoms with Gasteiger partial charge in [-0.15, -0.1) is 0 Å². The molecular weight excluding hydrogens is 318 g/mol. The molecule has 25 heavy (non-hydrogen) atoms. The van der Waals surface area contributed by atoms with Crippen molar-refractivity contribution in [1.29, 1.82) is 0 Å². The number of carbonyl (C=O) groups is 1. The number of fused-ring (bicyclic) bond motifs is 1. The Morgan fingerprint density at radius 3 is 2.68 bits per heavy atom. The number of anilines is 1. The minimum absolute atomic E-state index is 0.127. The molecular formula is C19H21N3O3. The van der Waals surface area contributed by atoms with Gasteiger partial charge in [-0.05, 0) is 48.7 Å². The molecule has 0 aliphatic carbocycles. The Morgan fingerprint density at radius 2 is 1.96 bits per heavy atom. The summed E-state index contributed by atoms with van der Waals surface area (Å²) in [5.41, 5.74) is 3.10. The summed E-state index contributed by atoms with van der Waals surface area (Å²) >= 11 is 0. The number of nitrogens with zero attached hydrogens (tertiary/aromatic N) is 1. The fraction of sp³-hybridized carbons (Fsp3) is 0.263. The number of aliphatic hydroxyl groups excluding tert-OH is 1. The summed E-state index contributed by atoms with van der Waals surface area (Å²) in [5.74, 6) is 0.785. The monoisotopic (exact) mass is 339 g/mol. The third kappa shape index (κ3) is 4.36. The van der Waals surface area contributed by atoms with Crippen LogP contribution in [0.3, 0.4) is 0 Å². The van der Waals surface area contributed by atoms with Crippen LogP contribution in [-0.2, 0) is 0 Å². The van der Waals surface area contributed by atoms with Gasteiger partial charge in [0.15, 0.2) is 5.58 Å². The van der Waals surface area contributed by atoms with E-state index in [2.05, 4.69) is 15.6 Å². The van der Waals surface area contributed by atoms with Gasteiger partial charge in [0.2, 0.25) is 5.89 Å². The number of urea groups is 1. The zero-order valence-corrected chi connectivity index (χ0v) is 14.0. The van der Waals surface area contributed by atoms with Gasteiger partial charge >= 0.3 is 6.03 Å². The van der Waals surface area contributed by atoms with E-state index in [1.165, 1.54) is 0 Å². The topological polar surface area (TPSA) is 87.4 Å². The average Bonchev–Trinajstić information content (AvgIpc) is 3.05. The van der Waals surface area contributed by atoms with Crippen molar-refractivity contribution in [3.8, 4) is 11.5 Å². The molecule has 0 fully saturated rings. The number of aliphatic hydroxyl groups is 1. The van der Waals surface area contributed by atoms with E-state index in [1.807, 2.05) is 43.3 Å². The molecule has 0 radical (unpaired) electrons. The summed E-state index contributed by atoms with van der Waals surface area (Å²) in [7, 11) is 0. The van der Waals surface area contributed by atoms with Crippen molar-refractivity contribution < 1.29 is 14.3 Å². The second-order valence-electron chi connectivity index (χ2n) is 6.02. The highest BCUT2D eigenvalue weighted by Crippen LogP contribution is 2.25. The van der Waals surface area contributed by atoms with Crippen LogP contribution in [0.2, 0.25) is 0 Å². The number of hydrogen-bond acceptors (Lipinski definition) is 4. The Bertz CT molecular complexity index is 810. The first kappa shape index (κ1) is 17.0. The van der Waals surface area contributed by atoms with Crippen LogP contribution in [0, 0.1) is 5.92 Å². The predicted octanol–water partition coefficient (Wildman–Crippen LogP) is 3.63. The minimum Gasteiger partial charge on any atom is -0.436 e. The molecule has 3 rings (SSSR count). The summed E-state index contributed by atoms with van der Waals surface area (Å²) < 4.78 is 5.73. The smallest absolute Gasteiger partial charge is 0.319 e. The lowest BCUT2D eigenvalue weighted by atomic mass is 10.1. The van der Waals surface area contributed by atoms with E-state index in [9.17, 15) is 4.79 Å². The number of nitrogens with one attached hydrogen (secondary N) is 2. The van der Waals surface area contributed by atoms with Crippen LogP contribution < -0.4 is 10.6 Å². The second-order valence-corrected chi connectivity index (χ2v) is 6.02. The maximum atomic E-state index is 11.9. The standard InChI is InChI=1S/C19H21N3O3/c1-13(10-11-23)12-20-19(24)21-15-8-6-14(7-9-15)18-22-16-4-2-3-5-17(16)25-18/h2-9,13,23H,10-12H2,1H3,(H2,20,21,24). The molecule has 0 bridgehead atoms. The van der Waals surface area contributed by atoms with Crippen LogP contribution in [-0.4, -0.2) is 29.3 Å². The molecule has 6 nitrogen and oxygen atoms in total. The zero-order valence-electron chi connectivity index (χ0n) is 14.0. The SMILES string of the molecule is CC(CCO)CNC(=O)Nc1ccc(-c2nc3ccccc3o2)cc1. The van der Waals surface area contributed by atoms with E-state index in [-0.39, 0.29) is 18.6 Å². The Morgan fingerprint density at radius 1 is 1.20 bits per heavy atom. The number of oxazole rings is 1. The highest BCUT2D eigenvalue weighted by Gasteiger charge is 2.09. The van der Waals surface area contributed by atoms with Gasteiger partial charge in [0.25, 0.3) is 0 Å². The minimum atomic E-state index is -0.264. The normalized spacial score (nSPS) is 12.1. The number of aromatic nitrogens is 1. The van der Waals surface area contributed by atoms with Crippen LogP contribution in [0.15, 0.2) is 52.9 Å². The van der Waals surface area contributed by atoms with Crippen molar-refractivity contribution in [2.24, 2.45) is 5.92 Å². The first-order valence-corrected chi connectivity index (χ1v) is 8.27. The van der Waals surface area contributed by atoms with E-state index in [4.69, 9.17) is 9.52 Å². The maximum absolute atomic E-state index is 11.9. The van der Waals surface area contributed by atoms with Gasteiger partial charge in [-0.25, -0.2) is 9.78 Å². The molecule has 0 spiro atoms. The van der Waals surface area contributed by atoms with Gasteiger partial charge < -0.3 is 20.2 Å². The largest absolute Gasteiger partial charge is 0.436 e. The van der Waals surface area contributed by atoms with Gasteiger partial charge in [-0.2, -0.15) is 0 Å². The van der Waals surface area contributed by atoms with Gasteiger partial charge in [0.1, 0.15) is 5.52 Å². The van der Waals surface area contributed by atoms with Crippen molar-refractivity contribution in [2.75, 3.05) is 18.5 Å². The van der Waals surface area contributed by atoms with Crippen molar-refractivity contribution in [3.63, 3.8) is 0 Å². The predicted molar refractivity (Wildman–Crippen MR) is 97.3 cm³/mol. The summed E-state index contributed by atoms with van der Waals surface area (Å²) in [5, 5.41) is 14.4. The van der Waals surface area contributed by atoms with Gasteiger partial charge in [0, 0.05) is 24.4 Å². The molecule has 0 saturated heterocycles. The highest BCUT2D eigenvalue weighted by atomic mass is 16.3. The number of amides is 2. The third-order valence-corrected chi connectivity index (χ3v) is 3.92. The fourth-order valence-electron chi connectivity index (χ4n) is 2.46. The average molecular weight is 339 g/mol. The molecule has 0 aliphatic heterocycles. The zero-order chi connectivity index (χ0) is 17.6. The van der Waals surface area contributed by atoms with Crippen molar-refractivity contribution >= 4 is 22.8 Å². The van der Waals surface area contributed by atoms with E-state index < -0.39 is 0 Å². The molecule has 1 atom stereocenters. The van der Waals surface area contributed by atoms with Crippen molar-refractivity contribution in [1.82, 2.24) is 10.3 Å². The second kappa shape index (κ2) is 7.81. The number of benzene rings is 2. The molecule has 1 heterocycles. The summed E-state index contributed by atoms with van der Waals surface area (Å²) in [6.45, 7) is 2.63. The lowest BCUT2D eigenvalue weighted by molar-refractivity contribution is 0.243. The Hall–Kier alpha value is -2.86. The molecule has 0 saturated carbocycles. The van der Waals surface area contributed by atoms with Crippen LogP contribution >= 0.6 is 0 Å². The number of rotatable bonds is 6. The first-order valence-electron chi connectivity index (χ1n) is 8.27. The Labute approximate surface area is 145 Å². The van der Waals surface area contributed by atoms with Gasteiger partial charge in [-0.1, -0.05) is 19.1 Å². The molecule has 2 aromatic carbocycles. The van der Waals surface area contributed by atoms with Crippen molar-refractivity contribution in [3.05, 3.63) is 48.5 Å². The Balaban J connectivity index is 1.61. The number of hydrogen-bond donors (Lipinski definition) is 3. The molecule has 1 unspecified atom stereocenters. The Kier molecular flexibility index (Phi) is 5.30.